The normalized spacial score (nSPS) is 10.3. The van der Waals surface area contributed by atoms with Crippen LogP contribution < -0.4 is 14.8 Å². The van der Waals surface area contributed by atoms with E-state index in [2.05, 4.69) is 11.4 Å². The summed E-state index contributed by atoms with van der Waals surface area (Å²) >= 11 is 0. The van der Waals surface area contributed by atoms with Gasteiger partial charge in [0.05, 0.1) is 18.9 Å². The molecule has 0 unspecified atom stereocenters. The van der Waals surface area contributed by atoms with Crippen LogP contribution in [0, 0.1) is 0 Å². The number of hydrogen-bond acceptors (Lipinski definition) is 4. The minimum atomic E-state index is 0.567. The molecule has 0 radical (unpaired) electrons. The summed E-state index contributed by atoms with van der Waals surface area (Å²) in [5.41, 5.74) is 2.15. The van der Waals surface area contributed by atoms with Gasteiger partial charge in [-0.15, -0.1) is 0 Å². The molecule has 0 heterocycles. The molecule has 2 aromatic carbocycles. The SMILES string of the molecule is CCOCCOc1cccc(CNc2ccccc2OCC)c1. The van der Waals surface area contributed by atoms with Gasteiger partial charge >= 0.3 is 0 Å². The van der Waals surface area contributed by atoms with E-state index in [1.54, 1.807) is 0 Å². The summed E-state index contributed by atoms with van der Waals surface area (Å²) in [5.74, 6) is 1.74. The summed E-state index contributed by atoms with van der Waals surface area (Å²) in [6, 6.07) is 16.0. The summed E-state index contributed by atoms with van der Waals surface area (Å²) < 4.78 is 16.6. The van der Waals surface area contributed by atoms with Crippen LogP contribution >= 0.6 is 0 Å². The minimum absolute atomic E-state index is 0.567. The van der Waals surface area contributed by atoms with Crippen LogP contribution in [0.4, 0.5) is 5.69 Å². The lowest BCUT2D eigenvalue weighted by molar-refractivity contribution is 0.110. The molecule has 124 valence electrons. The van der Waals surface area contributed by atoms with Crippen molar-refractivity contribution in [1.29, 1.82) is 0 Å². The Bertz CT molecular complexity index is 586. The second-order valence-corrected chi connectivity index (χ2v) is 4.98. The first-order valence-electron chi connectivity index (χ1n) is 8.08. The maximum Gasteiger partial charge on any atom is 0.142 e. The van der Waals surface area contributed by atoms with E-state index < -0.39 is 0 Å². The third-order valence-corrected chi connectivity index (χ3v) is 3.27. The molecule has 4 heteroatoms. The van der Waals surface area contributed by atoms with Crippen LogP contribution in [-0.4, -0.2) is 26.4 Å². The molecule has 0 spiro atoms. The molecule has 0 amide bonds. The van der Waals surface area contributed by atoms with Crippen LogP contribution in [0.25, 0.3) is 0 Å². The van der Waals surface area contributed by atoms with Crippen LogP contribution in [0.2, 0.25) is 0 Å². The van der Waals surface area contributed by atoms with Gasteiger partial charge in [0, 0.05) is 13.2 Å². The number of hydrogen-bond donors (Lipinski definition) is 1. The second-order valence-electron chi connectivity index (χ2n) is 4.98. The highest BCUT2D eigenvalue weighted by Crippen LogP contribution is 2.24. The highest BCUT2D eigenvalue weighted by molar-refractivity contribution is 5.56. The van der Waals surface area contributed by atoms with E-state index in [1.165, 1.54) is 0 Å². The highest BCUT2D eigenvalue weighted by Gasteiger charge is 2.03. The van der Waals surface area contributed by atoms with Crippen molar-refractivity contribution in [1.82, 2.24) is 0 Å². The molecular formula is C19H25NO3. The molecule has 0 aliphatic rings. The second kappa shape index (κ2) is 9.74. The van der Waals surface area contributed by atoms with Gasteiger partial charge in [-0.05, 0) is 43.7 Å². The first-order chi connectivity index (χ1) is 11.3. The Kier molecular flexibility index (Phi) is 7.27. The molecule has 0 aliphatic heterocycles. The van der Waals surface area contributed by atoms with Gasteiger partial charge in [0.2, 0.25) is 0 Å². The highest BCUT2D eigenvalue weighted by atomic mass is 16.5. The Morgan fingerprint density at radius 2 is 1.74 bits per heavy atom. The minimum Gasteiger partial charge on any atom is -0.492 e. The van der Waals surface area contributed by atoms with Crippen LogP contribution in [-0.2, 0) is 11.3 Å². The zero-order chi connectivity index (χ0) is 16.3. The van der Waals surface area contributed by atoms with E-state index >= 15 is 0 Å². The third-order valence-electron chi connectivity index (χ3n) is 3.27. The number of rotatable bonds is 10. The third kappa shape index (κ3) is 5.83. The molecule has 0 saturated carbocycles. The first kappa shape index (κ1) is 17.2. The summed E-state index contributed by atoms with van der Waals surface area (Å²) in [7, 11) is 0. The Labute approximate surface area is 138 Å². The fourth-order valence-corrected chi connectivity index (χ4v) is 2.20. The molecule has 1 N–H and O–H groups in total. The maximum absolute atomic E-state index is 5.69. The molecule has 0 atom stereocenters. The van der Waals surface area contributed by atoms with Crippen molar-refractivity contribution in [2.75, 3.05) is 31.7 Å². The lowest BCUT2D eigenvalue weighted by Gasteiger charge is -2.13. The lowest BCUT2D eigenvalue weighted by Crippen LogP contribution is -2.07. The van der Waals surface area contributed by atoms with Crippen molar-refractivity contribution in [3.8, 4) is 11.5 Å². The number of para-hydroxylation sites is 2. The molecule has 0 saturated heterocycles. The Balaban J connectivity index is 1.90. The van der Waals surface area contributed by atoms with E-state index in [9.17, 15) is 0 Å². The zero-order valence-electron chi connectivity index (χ0n) is 13.9. The smallest absolute Gasteiger partial charge is 0.142 e. The number of benzene rings is 2. The van der Waals surface area contributed by atoms with Crippen molar-refractivity contribution in [3.05, 3.63) is 54.1 Å². The first-order valence-corrected chi connectivity index (χ1v) is 8.08. The molecule has 0 bridgehead atoms. The Morgan fingerprint density at radius 1 is 0.870 bits per heavy atom. The van der Waals surface area contributed by atoms with Crippen LogP contribution in [0.5, 0.6) is 11.5 Å². The Morgan fingerprint density at radius 3 is 2.57 bits per heavy atom. The largest absolute Gasteiger partial charge is 0.492 e. The van der Waals surface area contributed by atoms with Crippen molar-refractivity contribution < 1.29 is 14.2 Å². The van der Waals surface area contributed by atoms with Crippen molar-refractivity contribution >= 4 is 5.69 Å². The molecular weight excluding hydrogens is 290 g/mol. The van der Waals surface area contributed by atoms with Crippen molar-refractivity contribution in [2.24, 2.45) is 0 Å². The fourth-order valence-electron chi connectivity index (χ4n) is 2.20. The van der Waals surface area contributed by atoms with Gasteiger partial charge in [-0.3, -0.25) is 0 Å². The van der Waals surface area contributed by atoms with E-state index in [1.807, 2.05) is 56.3 Å². The predicted octanol–water partition coefficient (Wildman–Crippen LogP) is 4.11. The number of ether oxygens (including phenoxy) is 3. The fraction of sp³-hybridized carbons (Fsp3) is 0.368. The molecule has 23 heavy (non-hydrogen) atoms. The standard InChI is InChI=1S/C19H25NO3/c1-3-21-12-13-23-17-9-7-8-16(14-17)15-20-18-10-5-6-11-19(18)22-4-2/h5-11,14,20H,3-4,12-13,15H2,1-2H3. The maximum atomic E-state index is 5.69. The van der Waals surface area contributed by atoms with Gasteiger partial charge in [0.25, 0.3) is 0 Å². The topological polar surface area (TPSA) is 39.7 Å². The molecule has 4 nitrogen and oxygen atoms in total. The van der Waals surface area contributed by atoms with Crippen LogP contribution in [0.15, 0.2) is 48.5 Å². The van der Waals surface area contributed by atoms with Gasteiger partial charge in [-0.1, -0.05) is 24.3 Å². The molecule has 0 fully saturated rings. The summed E-state index contributed by atoms with van der Waals surface area (Å²) in [6.45, 7) is 7.23. The number of nitrogens with one attached hydrogen (secondary N) is 1. The van der Waals surface area contributed by atoms with Crippen molar-refractivity contribution in [3.63, 3.8) is 0 Å². The van der Waals surface area contributed by atoms with E-state index in [0.717, 1.165) is 22.7 Å². The van der Waals surface area contributed by atoms with Gasteiger partial charge in [0.1, 0.15) is 18.1 Å². The quantitative estimate of drug-likeness (QED) is 0.670. The summed E-state index contributed by atoms with van der Waals surface area (Å²) in [4.78, 5) is 0. The average Bonchev–Trinajstić information content (AvgIpc) is 2.59. The summed E-state index contributed by atoms with van der Waals surface area (Å²) in [5, 5.41) is 3.41. The van der Waals surface area contributed by atoms with E-state index in [0.29, 0.717) is 33.0 Å². The van der Waals surface area contributed by atoms with Gasteiger partial charge in [0.15, 0.2) is 0 Å². The van der Waals surface area contributed by atoms with Gasteiger partial charge in [-0.2, -0.15) is 0 Å². The Hall–Kier alpha value is -2.20. The van der Waals surface area contributed by atoms with Crippen LogP contribution in [0.3, 0.4) is 0 Å². The van der Waals surface area contributed by atoms with Gasteiger partial charge in [-0.25, -0.2) is 0 Å². The number of anilines is 1. The zero-order valence-corrected chi connectivity index (χ0v) is 13.9. The molecule has 2 rings (SSSR count). The average molecular weight is 315 g/mol. The molecule has 0 aromatic heterocycles. The van der Waals surface area contributed by atoms with E-state index in [-0.39, 0.29) is 0 Å². The lowest BCUT2D eigenvalue weighted by atomic mass is 10.2. The summed E-state index contributed by atoms with van der Waals surface area (Å²) in [6.07, 6.45) is 0. The van der Waals surface area contributed by atoms with E-state index in [4.69, 9.17) is 14.2 Å². The monoisotopic (exact) mass is 315 g/mol. The van der Waals surface area contributed by atoms with Crippen LogP contribution in [0.1, 0.15) is 19.4 Å². The van der Waals surface area contributed by atoms with Gasteiger partial charge < -0.3 is 19.5 Å². The predicted molar refractivity (Wildman–Crippen MR) is 93.4 cm³/mol. The molecule has 2 aromatic rings. The van der Waals surface area contributed by atoms with Crippen molar-refractivity contribution in [2.45, 2.75) is 20.4 Å². The molecule has 0 aliphatic carbocycles.